The summed E-state index contributed by atoms with van der Waals surface area (Å²) in [7, 11) is 4.10. The summed E-state index contributed by atoms with van der Waals surface area (Å²) >= 11 is 0. The van der Waals surface area contributed by atoms with Gasteiger partial charge in [-0.2, -0.15) is 19.9 Å². The van der Waals surface area contributed by atoms with Crippen LogP contribution in [0, 0.1) is 5.82 Å². The van der Waals surface area contributed by atoms with E-state index in [0.29, 0.717) is 29.5 Å². The lowest BCUT2D eigenvalue weighted by Crippen LogP contribution is -2.32. The minimum Gasteiger partial charge on any atom is -0.402 e. The maximum absolute atomic E-state index is 13.1. The Bertz CT molecular complexity index is 954. The Hall–Kier alpha value is -3.41. The van der Waals surface area contributed by atoms with E-state index < -0.39 is 5.82 Å². The number of rotatable bonds is 7. The molecule has 0 bridgehead atoms. The number of nitrogens with two attached hydrogens (primary N) is 2. The fourth-order valence-electron chi connectivity index (χ4n) is 3.14. The Labute approximate surface area is 180 Å². The average molecular weight is 430 g/mol. The lowest BCUT2D eigenvalue weighted by Gasteiger charge is -2.21. The van der Waals surface area contributed by atoms with Gasteiger partial charge >= 0.3 is 0 Å². The van der Waals surface area contributed by atoms with E-state index in [-0.39, 0.29) is 17.8 Å². The molecule has 0 spiro atoms. The van der Waals surface area contributed by atoms with E-state index in [1.165, 1.54) is 6.08 Å². The van der Waals surface area contributed by atoms with E-state index in [9.17, 15) is 4.39 Å². The van der Waals surface area contributed by atoms with Crippen LogP contribution in [0.1, 0.15) is 32.1 Å². The lowest BCUT2D eigenvalue weighted by molar-refractivity contribution is 0.315. The van der Waals surface area contributed by atoms with Crippen LogP contribution < -0.4 is 21.7 Å². The maximum Gasteiger partial charge on any atom is 0.257 e. The van der Waals surface area contributed by atoms with Crippen LogP contribution in [0.5, 0.6) is 0 Å². The fourth-order valence-corrected chi connectivity index (χ4v) is 3.14. The second kappa shape index (κ2) is 9.60. The van der Waals surface area contributed by atoms with Crippen molar-refractivity contribution in [3.8, 4) is 0 Å². The van der Waals surface area contributed by atoms with E-state index in [4.69, 9.17) is 11.5 Å². The Balaban J connectivity index is 1.91. The number of likely N-dealkylation sites (N-methyl/N-ethyl adjacent to an activating group) is 1. The summed E-state index contributed by atoms with van der Waals surface area (Å²) < 4.78 is 13.1. The first-order valence-electron chi connectivity index (χ1n) is 9.90. The van der Waals surface area contributed by atoms with Crippen molar-refractivity contribution in [1.29, 1.82) is 0 Å². The number of aliphatic imine (C=N–C) groups is 1. The summed E-state index contributed by atoms with van der Waals surface area (Å²) in [6.07, 6.45) is 4.76. The topological polar surface area (TPSA) is 147 Å². The zero-order chi connectivity index (χ0) is 22.5. The summed E-state index contributed by atoms with van der Waals surface area (Å²) in [5.74, 6) is 1.03. The Morgan fingerprint density at radius 2 is 2.00 bits per heavy atom. The number of halogens is 1. The molecule has 11 nitrogen and oxygen atoms in total. The molecule has 31 heavy (non-hydrogen) atoms. The molecule has 1 fully saturated rings. The van der Waals surface area contributed by atoms with E-state index in [1.54, 1.807) is 6.92 Å². The predicted octanol–water partition coefficient (Wildman–Crippen LogP) is 0.965. The minimum absolute atomic E-state index is 0.156. The molecule has 0 aliphatic carbocycles. The van der Waals surface area contributed by atoms with Crippen molar-refractivity contribution >= 4 is 23.7 Å². The molecule has 0 aromatic carbocycles. The van der Waals surface area contributed by atoms with Gasteiger partial charge in [0.05, 0.1) is 18.4 Å². The number of nitrogens with one attached hydrogen (secondary N) is 1. The van der Waals surface area contributed by atoms with Crippen molar-refractivity contribution in [3.63, 3.8) is 0 Å². The summed E-state index contributed by atoms with van der Waals surface area (Å²) in [6, 6.07) is 0.0314. The maximum atomic E-state index is 13.1. The summed E-state index contributed by atoms with van der Waals surface area (Å²) in [6.45, 7) is 5.13. The number of allylic oxidation sites excluding steroid dienone is 1. The molecular formula is C19H28FN11. The van der Waals surface area contributed by atoms with Crippen molar-refractivity contribution in [2.45, 2.75) is 32.4 Å². The van der Waals surface area contributed by atoms with Crippen LogP contribution in [0.15, 0.2) is 29.2 Å². The van der Waals surface area contributed by atoms with Gasteiger partial charge in [-0.25, -0.2) is 14.4 Å². The molecule has 1 saturated heterocycles. The second-order valence-electron chi connectivity index (χ2n) is 7.66. The van der Waals surface area contributed by atoms with Crippen LogP contribution >= 0.6 is 0 Å². The van der Waals surface area contributed by atoms with Crippen molar-refractivity contribution in [1.82, 2.24) is 29.8 Å². The number of amidine groups is 1. The number of hydrogen-bond donors (Lipinski definition) is 3. The van der Waals surface area contributed by atoms with E-state index in [0.717, 1.165) is 31.9 Å². The number of aromatic nitrogens is 5. The van der Waals surface area contributed by atoms with Gasteiger partial charge in [0.2, 0.25) is 11.9 Å². The lowest BCUT2D eigenvalue weighted by atomic mass is 10.2. The molecule has 5 N–H and O–H groups in total. The molecule has 2 aromatic rings. The van der Waals surface area contributed by atoms with Crippen molar-refractivity contribution in [2.75, 3.05) is 37.4 Å². The van der Waals surface area contributed by atoms with Crippen molar-refractivity contribution < 1.29 is 4.39 Å². The van der Waals surface area contributed by atoms with E-state index in [1.807, 2.05) is 6.92 Å². The number of nitrogens with zero attached hydrogens (tertiary/aromatic N) is 8. The summed E-state index contributed by atoms with van der Waals surface area (Å²) in [5.41, 5.74) is 12.1. The van der Waals surface area contributed by atoms with Gasteiger partial charge in [0.25, 0.3) is 5.95 Å². The number of anilines is 2. The van der Waals surface area contributed by atoms with Crippen LogP contribution in [-0.4, -0.2) is 68.9 Å². The van der Waals surface area contributed by atoms with Gasteiger partial charge < -0.3 is 26.6 Å². The van der Waals surface area contributed by atoms with Gasteiger partial charge in [0.15, 0.2) is 5.82 Å². The van der Waals surface area contributed by atoms with Gasteiger partial charge in [-0.05, 0) is 40.4 Å². The zero-order valence-corrected chi connectivity index (χ0v) is 18.1. The normalized spacial score (nSPS) is 18.5. The zero-order valence-electron chi connectivity index (χ0n) is 18.1. The quantitative estimate of drug-likeness (QED) is 0.429. The molecule has 1 aliphatic rings. The van der Waals surface area contributed by atoms with E-state index in [2.05, 4.69) is 59.1 Å². The second-order valence-corrected chi connectivity index (χ2v) is 7.66. The molecule has 166 valence electrons. The van der Waals surface area contributed by atoms with Crippen LogP contribution in [0.2, 0.25) is 0 Å². The molecule has 0 amide bonds. The molecule has 0 radical (unpaired) electrons. The minimum atomic E-state index is -0.502. The van der Waals surface area contributed by atoms with Crippen LogP contribution in [0.25, 0.3) is 0 Å². The first-order valence-corrected chi connectivity index (χ1v) is 9.90. The molecular weight excluding hydrogens is 401 g/mol. The first-order chi connectivity index (χ1) is 14.7. The highest BCUT2D eigenvalue weighted by molar-refractivity contribution is 5.93. The van der Waals surface area contributed by atoms with Crippen LogP contribution in [-0.2, 0) is 0 Å². The molecule has 3 heterocycles. The third-order valence-electron chi connectivity index (χ3n) is 4.77. The largest absolute Gasteiger partial charge is 0.402 e. The Kier molecular flexibility index (Phi) is 6.90. The molecule has 2 aromatic heterocycles. The van der Waals surface area contributed by atoms with Crippen molar-refractivity contribution in [3.05, 3.63) is 35.8 Å². The monoisotopic (exact) mass is 429 g/mol. The Morgan fingerprint density at radius 1 is 1.29 bits per heavy atom. The van der Waals surface area contributed by atoms with Gasteiger partial charge in [0.1, 0.15) is 11.7 Å². The summed E-state index contributed by atoms with van der Waals surface area (Å²) in [5, 5.41) is 3.13. The highest BCUT2D eigenvalue weighted by Gasteiger charge is 2.27. The highest BCUT2D eigenvalue weighted by Crippen LogP contribution is 2.23. The van der Waals surface area contributed by atoms with Gasteiger partial charge in [-0.15, -0.1) is 0 Å². The molecule has 12 heteroatoms. The third-order valence-corrected chi connectivity index (χ3v) is 4.77. The molecule has 2 atom stereocenters. The fraction of sp³-hybridized carbons (Fsp3) is 0.474. The van der Waals surface area contributed by atoms with Crippen molar-refractivity contribution in [2.24, 2.45) is 16.5 Å². The smallest absolute Gasteiger partial charge is 0.257 e. The summed E-state index contributed by atoms with van der Waals surface area (Å²) in [4.78, 5) is 29.9. The van der Waals surface area contributed by atoms with Crippen LogP contribution in [0.4, 0.5) is 22.2 Å². The number of hydrogen-bond acceptors (Lipinski definition) is 10. The van der Waals surface area contributed by atoms with Gasteiger partial charge in [0, 0.05) is 24.8 Å². The molecule has 0 unspecified atom stereocenters. The molecule has 1 aliphatic heterocycles. The van der Waals surface area contributed by atoms with Gasteiger partial charge in [-0.3, -0.25) is 0 Å². The third kappa shape index (κ3) is 6.04. The van der Waals surface area contributed by atoms with E-state index >= 15 is 0 Å². The molecule has 0 saturated carbocycles. The van der Waals surface area contributed by atoms with Crippen LogP contribution in [0.3, 0.4) is 0 Å². The Morgan fingerprint density at radius 3 is 2.61 bits per heavy atom. The highest BCUT2D eigenvalue weighted by atomic mass is 19.1. The van der Waals surface area contributed by atoms with Gasteiger partial charge in [-0.1, -0.05) is 0 Å². The molecule has 3 rings (SSSR count). The average Bonchev–Trinajstić information content (AvgIpc) is 3.18. The standard InChI is InChI=1S/C19H28FN11/c1-11(21)7-15(22)26-18-27-17(25-12(2)16-23-8-13(20)9-24-16)28-19(29-18)31-6-5-14(10-31)30(3)4/h7-9,12,14H,5-6,10,21H2,1-4H3,(H3,22,25,26,27,28,29)/b11-7-/t12-,14+/m0/s1. The predicted molar refractivity (Wildman–Crippen MR) is 117 cm³/mol. The first kappa shape index (κ1) is 22.3. The SMILES string of the molecule is C/C(N)=C/C(N)=N\c1nc(N[C@@H](C)c2ncc(F)cn2)nc(N2CC[C@@H](N(C)C)C2)n1.